The molecule has 0 aromatic heterocycles. The lowest BCUT2D eigenvalue weighted by Crippen LogP contribution is -2.26. The van der Waals surface area contributed by atoms with Crippen LogP contribution >= 0.6 is 0 Å². The summed E-state index contributed by atoms with van der Waals surface area (Å²) in [5.41, 5.74) is 0.832. The number of aliphatic hydroxyl groups excluding tert-OH is 1. The maximum atomic E-state index is 11.6. The Morgan fingerprint density at radius 1 is 1.38 bits per heavy atom. The minimum absolute atomic E-state index is 0.122. The Kier molecular flexibility index (Phi) is 2.61. The number of hydrogen-bond donors (Lipinski definition) is 1. The van der Waals surface area contributed by atoms with Crippen molar-refractivity contribution in [2.24, 2.45) is 0 Å². The molecule has 1 aromatic rings. The average molecular weight is 214 g/mol. The summed E-state index contributed by atoms with van der Waals surface area (Å²) in [5, 5.41) is 18.1. The first-order valence-corrected chi connectivity index (χ1v) is 4.88. The Morgan fingerprint density at radius 2 is 2.06 bits per heavy atom. The Labute approximate surface area is 93.0 Å². The van der Waals surface area contributed by atoms with Crippen molar-refractivity contribution in [2.75, 3.05) is 6.54 Å². The van der Waals surface area contributed by atoms with E-state index in [2.05, 4.69) is 0 Å². The second-order valence-electron chi connectivity index (χ2n) is 3.58. The van der Waals surface area contributed by atoms with Gasteiger partial charge in [-0.3, -0.25) is 4.79 Å². The molecule has 1 amide bonds. The Bertz CT molecular complexity index is 485. The van der Waals surface area contributed by atoms with E-state index in [9.17, 15) is 9.90 Å². The van der Waals surface area contributed by atoms with Gasteiger partial charge in [0.2, 0.25) is 0 Å². The summed E-state index contributed by atoms with van der Waals surface area (Å²) in [7, 11) is 0. The highest BCUT2D eigenvalue weighted by atomic mass is 16.3. The van der Waals surface area contributed by atoms with E-state index in [4.69, 9.17) is 5.26 Å². The lowest BCUT2D eigenvalue weighted by Gasteiger charge is -2.15. The van der Waals surface area contributed by atoms with E-state index in [1.165, 1.54) is 4.90 Å². The zero-order chi connectivity index (χ0) is 11.5. The molecule has 0 bridgehead atoms. The van der Waals surface area contributed by atoms with E-state index in [0.717, 1.165) is 5.56 Å². The van der Waals surface area contributed by atoms with Crippen LogP contribution in [0.3, 0.4) is 0 Å². The number of benzene rings is 1. The van der Waals surface area contributed by atoms with Crippen molar-refractivity contribution < 1.29 is 9.90 Å². The third-order valence-corrected chi connectivity index (χ3v) is 2.46. The first-order valence-electron chi connectivity index (χ1n) is 4.88. The normalized spacial score (nSPS) is 15.4. The zero-order valence-electron chi connectivity index (χ0n) is 8.55. The predicted molar refractivity (Wildman–Crippen MR) is 57.1 cm³/mol. The molecule has 1 N–H and O–H groups in total. The van der Waals surface area contributed by atoms with Gasteiger partial charge >= 0.3 is 0 Å². The number of amides is 1. The minimum Gasteiger partial charge on any atom is -0.509 e. The van der Waals surface area contributed by atoms with E-state index < -0.39 is 5.91 Å². The number of nitriles is 1. The zero-order valence-corrected chi connectivity index (χ0v) is 8.55. The van der Waals surface area contributed by atoms with Crippen LogP contribution in [0.2, 0.25) is 0 Å². The standard InChI is InChI=1S/C12H10N2O2/c13-6-10-11(15)8-14(12(10)16)7-9-4-2-1-3-5-9/h1-5,15H,7-8H2. The van der Waals surface area contributed by atoms with E-state index in [1.807, 2.05) is 30.3 Å². The molecule has 80 valence electrons. The van der Waals surface area contributed by atoms with Crippen LogP contribution in [-0.4, -0.2) is 22.5 Å². The molecular formula is C12H10N2O2. The molecule has 16 heavy (non-hydrogen) atoms. The fourth-order valence-corrected chi connectivity index (χ4v) is 1.66. The van der Waals surface area contributed by atoms with Gasteiger partial charge in [-0.2, -0.15) is 5.26 Å². The summed E-state index contributed by atoms with van der Waals surface area (Å²) >= 11 is 0. The molecule has 0 aliphatic carbocycles. The van der Waals surface area contributed by atoms with Crippen molar-refractivity contribution in [3.05, 3.63) is 47.2 Å². The van der Waals surface area contributed by atoms with Gasteiger partial charge in [0.15, 0.2) is 5.57 Å². The van der Waals surface area contributed by atoms with Crippen LogP contribution in [0, 0.1) is 11.3 Å². The fraction of sp³-hybridized carbons (Fsp3) is 0.167. The first kappa shape index (κ1) is 10.2. The quantitative estimate of drug-likeness (QED) is 0.808. The lowest BCUT2D eigenvalue weighted by molar-refractivity contribution is -0.125. The van der Waals surface area contributed by atoms with E-state index in [0.29, 0.717) is 6.54 Å². The molecule has 1 heterocycles. The van der Waals surface area contributed by atoms with Gasteiger partial charge in [0.25, 0.3) is 5.91 Å². The third kappa shape index (κ3) is 1.75. The van der Waals surface area contributed by atoms with Crippen molar-refractivity contribution in [1.29, 1.82) is 5.26 Å². The first-order chi connectivity index (χ1) is 7.72. The molecule has 4 heteroatoms. The van der Waals surface area contributed by atoms with E-state index in [1.54, 1.807) is 6.07 Å². The van der Waals surface area contributed by atoms with Crippen LogP contribution < -0.4 is 0 Å². The summed E-state index contributed by atoms with van der Waals surface area (Å²) in [6.07, 6.45) is 0. The fourth-order valence-electron chi connectivity index (χ4n) is 1.66. The number of hydrogen-bond acceptors (Lipinski definition) is 3. The molecule has 1 aromatic carbocycles. The summed E-state index contributed by atoms with van der Waals surface area (Å²) < 4.78 is 0. The van der Waals surface area contributed by atoms with Gasteiger partial charge in [-0.05, 0) is 5.56 Å². The van der Waals surface area contributed by atoms with Gasteiger partial charge < -0.3 is 10.0 Å². The van der Waals surface area contributed by atoms with Crippen molar-refractivity contribution in [1.82, 2.24) is 4.90 Å². The molecular weight excluding hydrogens is 204 g/mol. The number of carbonyl (C=O) groups excluding carboxylic acids is 1. The predicted octanol–water partition coefficient (Wildman–Crippen LogP) is 1.36. The molecule has 0 fully saturated rings. The molecule has 4 nitrogen and oxygen atoms in total. The molecule has 0 saturated heterocycles. The Hall–Kier alpha value is -2.28. The molecule has 0 atom stereocenters. The largest absolute Gasteiger partial charge is 0.509 e. The van der Waals surface area contributed by atoms with Gasteiger partial charge in [-0.1, -0.05) is 30.3 Å². The molecule has 0 radical (unpaired) electrons. The average Bonchev–Trinajstić information content (AvgIpc) is 2.55. The smallest absolute Gasteiger partial charge is 0.268 e. The van der Waals surface area contributed by atoms with Crippen LogP contribution in [0.15, 0.2) is 41.7 Å². The highest BCUT2D eigenvalue weighted by Gasteiger charge is 2.30. The maximum absolute atomic E-state index is 11.6. The van der Waals surface area contributed by atoms with Crippen LogP contribution in [0.5, 0.6) is 0 Å². The maximum Gasteiger partial charge on any atom is 0.268 e. The topological polar surface area (TPSA) is 64.3 Å². The van der Waals surface area contributed by atoms with E-state index >= 15 is 0 Å². The number of aliphatic hydroxyl groups is 1. The number of rotatable bonds is 2. The number of nitrogens with zero attached hydrogens (tertiary/aromatic N) is 2. The van der Waals surface area contributed by atoms with E-state index in [-0.39, 0.29) is 17.9 Å². The van der Waals surface area contributed by atoms with Crippen LogP contribution in [0.25, 0.3) is 0 Å². The van der Waals surface area contributed by atoms with Gasteiger partial charge in [-0.15, -0.1) is 0 Å². The SMILES string of the molecule is N#CC1=C(O)CN(Cc2ccccc2)C1=O. The van der Waals surface area contributed by atoms with Gasteiger partial charge in [0, 0.05) is 6.54 Å². The second-order valence-corrected chi connectivity index (χ2v) is 3.58. The Balaban J connectivity index is 2.12. The summed E-state index contributed by atoms with van der Waals surface area (Å²) in [6.45, 7) is 0.533. The summed E-state index contributed by atoms with van der Waals surface area (Å²) in [6, 6.07) is 11.2. The van der Waals surface area contributed by atoms with Crippen molar-refractivity contribution in [3.63, 3.8) is 0 Å². The molecule has 0 spiro atoms. The molecule has 0 unspecified atom stereocenters. The molecule has 1 aliphatic heterocycles. The van der Waals surface area contributed by atoms with Gasteiger partial charge in [-0.25, -0.2) is 0 Å². The number of carbonyl (C=O) groups is 1. The molecule has 0 saturated carbocycles. The monoisotopic (exact) mass is 214 g/mol. The highest BCUT2D eigenvalue weighted by molar-refractivity contribution is 6.00. The molecule has 2 rings (SSSR count). The van der Waals surface area contributed by atoms with Crippen molar-refractivity contribution in [3.8, 4) is 6.07 Å². The third-order valence-electron chi connectivity index (χ3n) is 2.46. The van der Waals surface area contributed by atoms with Gasteiger partial charge in [0.05, 0.1) is 6.54 Å². The minimum atomic E-state index is -0.399. The summed E-state index contributed by atoms with van der Waals surface area (Å²) in [5.74, 6) is -0.535. The van der Waals surface area contributed by atoms with Crippen LogP contribution in [-0.2, 0) is 11.3 Å². The van der Waals surface area contributed by atoms with Crippen LogP contribution in [0.1, 0.15) is 5.56 Å². The lowest BCUT2D eigenvalue weighted by atomic mass is 10.2. The van der Waals surface area contributed by atoms with Gasteiger partial charge in [0.1, 0.15) is 11.8 Å². The van der Waals surface area contributed by atoms with Crippen LogP contribution in [0.4, 0.5) is 0 Å². The second kappa shape index (κ2) is 4.07. The summed E-state index contributed by atoms with van der Waals surface area (Å²) in [4.78, 5) is 13.1. The Morgan fingerprint density at radius 3 is 2.62 bits per heavy atom. The molecule has 1 aliphatic rings. The highest BCUT2D eigenvalue weighted by Crippen LogP contribution is 2.18. The van der Waals surface area contributed by atoms with Crippen molar-refractivity contribution in [2.45, 2.75) is 6.54 Å². The van der Waals surface area contributed by atoms with Crippen molar-refractivity contribution >= 4 is 5.91 Å².